The lowest BCUT2D eigenvalue weighted by molar-refractivity contribution is -0.117. The van der Waals surface area contributed by atoms with E-state index in [1.54, 1.807) is 6.92 Å². The number of anilines is 1. The molecule has 8 heteroatoms. The molecular formula is C21H30N4O3S. The highest BCUT2D eigenvalue weighted by Crippen LogP contribution is 2.38. The summed E-state index contributed by atoms with van der Waals surface area (Å²) in [5.74, 6) is -0.458. The number of fused-ring (bicyclic) bond motifs is 1. The van der Waals surface area contributed by atoms with E-state index in [-0.39, 0.29) is 18.4 Å². The van der Waals surface area contributed by atoms with Gasteiger partial charge in [-0.25, -0.2) is 4.79 Å². The molecule has 7 nitrogen and oxygen atoms in total. The van der Waals surface area contributed by atoms with Crippen LogP contribution in [0.4, 0.5) is 5.00 Å². The zero-order chi connectivity index (χ0) is 20.8. The Morgan fingerprint density at radius 1 is 1.28 bits per heavy atom. The van der Waals surface area contributed by atoms with Crippen LogP contribution in [-0.2, 0) is 35.5 Å². The third kappa shape index (κ3) is 5.45. The summed E-state index contributed by atoms with van der Waals surface area (Å²) in [5, 5.41) is 7.88. The maximum atomic E-state index is 12.7. The lowest BCUT2D eigenvalue weighted by Crippen LogP contribution is -2.30. The summed E-state index contributed by atoms with van der Waals surface area (Å²) >= 11 is 1.53. The van der Waals surface area contributed by atoms with Gasteiger partial charge in [-0.1, -0.05) is 6.42 Å². The number of aryl methyl sites for hydroxylation is 2. The van der Waals surface area contributed by atoms with Gasteiger partial charge in [0.25, 0.3) is 0 Å². The molecule has 2 aromatic rings. The van der Waals surface area contributed by atoms with Crippen LogP contribution in [0.5, 0.6) is 0 Å². The van der Waals surface area contributed by atoms with Crippen molar-refractivity contribution in [1.82, 2.24) is 14.7 Å². The van der Waals surface area contributed by atoms with Crippen molar-refractivity contribution in [2.75, 3.05) is 25.5 Å². The van der Waals surface area contributed by atoms with E-state index in [1.807, 2.05) is 35.9 Å². The molecule has 1 N–H and O–H groups in total. The van der Waals surface area contributed by atoms with Gasteiger partial charge < -0.3 is 10.1 Å². The molecule has 158 valence electrons. The summed E-state index contributed by atoms with van der Waals surface area (Å²) < 4.78 is 7.15. The number of hydrogen-bond donors (Lipinski definition) is 1. The van der Waals surface area contributed by atoms with Crippen molar-refractivity contribution >= 4 is 28.2 Å². The van der Waals surface area contributed by atoms with Gasteiger partial charge in [-0.3, -0.25) is 14.4 Å². The van der Waals surface area contributed by atoms with Gasteiger partial charge in [0, 0.05) is 29.7 Å². The van der Waals surface area contributed by atoms with E-state index in [4.69, 9.17) is 4.74 Å². The molecule has 1 aliphatic carbocycles. The average molecular weight is 419 g/mol. The van der Waals surface area contributed by atoms with Crippen LogP contribution < -0.4 is 5.32 Å². The Morgan fingerprint density at radius 3 is 2.79 bits per heavy atom. The number of rotatable bonds is 8. The number of ether oxygens (including phenoxy) is 1. The van der Waals surface area contributed by atoms with E-state index in [2.05, 4.69) is 10.4 Å². The highest BCUT2D eigenvalue weighted by Gasteiger charge is 2.26. The summed E-state index contributed by atoms with van der Waals surface area (Å²) in [7, 11) is 1.90. The summed E-state index contributed by atoms with van der Waals surface area (Å²) in [4.78, 5) is 28.4. The minimum Gasteiger partial charge on any atom is -0.462 e. The zero-order valence-electron chi connectivity index (χ0n) is 17.5. The molecule has 0 fully saturated rings. The van der Waals surface area contributed by atoms with Crippen molar-refractivity contribution in [2.24, 2.45) is 0 Å². The number of nitrogens with one attached hydrogen (secondary N) is 1. The summed E-state index contributed by atoms with van der Waals surface area (Å²) in [5.41, 5.74) is 2.70. The predicted molar refractivity (Wildman–Crippen MR) is 114 cm³/mol. The average Bonchev–Trinajstić information content (AvgIpc) is 3.18. The number of carbonyl (C=O) groups excluding carboxylic acids is 2. The molecule has 0 unspecified atom stereocenters. The van der Waals surface area contributed by atoms with E-state index in [1.165, 1.54) is 22.6 Å². The van der Waals surface area contributed by atoms with Crippen molar-refractivity contribution in [3.63, 3.8) is 0 Å². The third-order valence-corrected chi connectivity index (χ3v) is 6.24. The first-order valence-electron chi connectivity index (χ1n) is 10.3. The van der Waals surface area contributed by atoms with Crippen molar-refractivity contribution < 1.29 is 14.3 Å². The van der Waals surface area contributed by atoms with Crippen LogP contribution in [0.1, 0.15) is 59.5 Å². The molecule has 0 aromatic carbocycles. The van der Waals surface area contributed by atoms with Gasteiger partial charge in [0.05, 0.1) is 24.9 Å². The van der Waals surface area contributed by atoms with E-state index >= 15 is 0 Å². The molecule has 2 heterocycles. The van der Waals surface area contributed by atoms with E-state index in [0.717, 1.165) is 43.4 Å². The second kappa shape index (κ2) is 10.0. The van der Waals surface area contributed by atoms with E-state index < -0.39 is 0 Å². The normalized spacial score (nSPS) is 13.8. The lowest BCUT2D eigenvalue weighted by Gasteiger charge is -2.15. The van der Waals surface area contributed by atoms with Gasteiger partial charge in [-0.15, -0.1) is 11.3 Å². The highest BCUT2D eigenvalue weighted by atomic mass is 32.1. The maximum absolute atomic E-state index is 12.7. The van der Waals surface area contributed by atoms with Gasteiger partial charge in [0.15, 0.2) is 0 Å². The number of nitrogens with zero attached hydrogens (tertiary/aromatic N) is 3. The third-order valence-electron chi connectivity index (χ3n) is 5.03. The van der Waals surface area contributed by atoms with Crippen molar-refractivity contribution in [1.29, 1.82) is 0 Å². The standard InChI is InChI=1S/C21H30N4O3S/c1-4-25-13-15(11-22-25)12-24(3)14-18(26)23-20-19(21(27)28-5-2)16-9-7-6-8-10-17(16)29-20/h11,13H,4-10,12,14H2,1-3H3,(H,23,26). The van der Waals surface area contributed by atoms with Crippen LogP contribution in [-0.4, -0.2) is 46.8 Å². The molecule has 2 aromatic heterocycles. The number of thiophene rings is 1. The summed E-state index contributed by atoms with van der Waals surface area (Å²) in [6.45, 7) is 5.87. The topological polar surface area (TPSA) is 76.5 Å². The molecule has 3 rings (SSSR count). The molecule has 0 spiro atoms. The first kappa shape index (κ1) is 21.5. The molecule has 0 aliphatic heterocycles. The zero-order valence-corrected chi connectivity index (χ0v) is 18.3. The number of hydrogen-bond acceptors (Lipinski definition) is 6. The van der Waals surface area contributed by atoms with Crippen molar-refractivity contribution in [3.8, 4) is 0 Å². The SMILES string of the molecule is CCOC(=O)c1c(NC(=O)CN(C)Cc2cnn(CC)c2)sc2c1CCCCC2. The second-order valence-electron chi connectivity index (χ2n) is 7.41. The Balaban J connectivity index is 1.69. The van der Waals surface area contributed by atoms with Gasteiger partial charge in [-0.2, -0.15) is 5.10 Å². The van der Waals surface area contributed by atoms with Gasteiger partial charge in [-0.05, 0) is 52.1 Å². The van der Waals surface area contributed by atoms with Crippen LogP contribution in [0.15, 0.2) is 12.4 Å². The number of amides is 1. The van der Waals surface area contributed by atoms with E-state index in [9.17, 15) is 9.59 Å². The fourth-order valence-corrected chi connectivity index (χ4v) is 4.98. The number of likely N-dealkylation sites (N-methyl/N-ethyl adjacent to an activating group) is 1. The summed E-state index contributed by atoms with van der Waals surface area (Å²) in [6.07, 6.45) is 9.01. The molecule has 0 atom stereocenters. The first-order valence-corrected chi connectivity index (χ1v) is 11.1. The minimum atomic E-state index is -0.331. The number of aromatic nitrogens is 2. The molecule has 0 saturated carbocycles. The van der Waals surface area contributed by atoms with Crippen LogP contribution in [0.2, 0.25) is 0 Å². The Morgan fingerprint density at radius 2 is 2.07 bits per heavy atom. The van der Waals surface area contributed by atoms with Crippen LogP contribution in [0.3, 0.4) is 0 Å². The Labute approximate surface area is 176 Å². The molecular weight excluding hydrogens is 388 g/mol. The Kier molecular flexibility index (Phi) is 7.44. The quantitative estimate of drug-likeness (QED) is 0.525. The van der Waals surface area contributed by atoms with E-state index in [0.29, 0.717) is 23.7 Å². The van der Waals surface area contributed by atoms with Crippen LogP contribution >= 0.6 is 11.3 Å². The van der Waals surface area contributed by atoms with Crippen molar-refractivity contribution in [3.05, 3.63) is 34.0 Å². The Bertz CT molecular complexity index is 858. The van der Waals surface area contributed by atoms with Crippen LogP contribution in [0.25, 0.3) is 0 Å². The molecule has 0 radical (unpaired) electrons. The van der Waals surface area contributed by atoms with Gasteiger partial charge in [0.2, 0.25) is 5.91 Å². The molecule has 1 aliphatic rings. The lowest BCUT2D eigenvalue weighted by atomic mass is 10.1. The molecule has 0 bridgehead atoms. The smallest absolute Gasteiger partial charge is 0.341 e. The Hall–Kier alpha value is -2.19. The highest BCUT2D eigenvalue weighted by molar-refractivity contribution is 7.17. The number of esters is 1. The van der Waals surface area contributed by atoms with Gasteiger partial charge >= 0.3 is 5.97 Å². The predicted octanol–water partition coefficient (Wildman–Crippen LogP) is 3.48. The fourth-order valence-electron chi connectivity index (χ4n) is 3.69. The maximum Gasteiger partial charge on any atom is 0.341 e. The summed E-state index contributed by atoms with van der Waals surface area (Å²) in [6, 6.07) is 0. The largest absolute Gasteiger partial charge is 0.462 e. The fraction of sp³-hybridized carbons (Fsp3) is 0.571. The molecule has 1 amide bonds. The second-order valence-corrected chi connectivity index (χ2v) is 8.52. The number of carbonyl (C=O) groups is 2. The molecule has 29 heavy (non-hydrogen) atoms. The minimum absolute atomic E-state index is 0.127. The van der Waals surface area contributed by atoms with Crippen LogP contribution in [0, 0.1) is 0 Å². The molecule has 0 saturated heterocycles. The van der Waals surface area contributed by atoms with Crippen molar-refractivity contribution in [2.45, 2.75) is 59.0 Å². The monoisotopic (exact) mass is 418 g/mol. The van der Waals surface area contributed by atoms with Gasteiger partial charge in [0.1, 0.15) is 5.00 Å². The first-order chi connectivity index (χ1) is 14.0.